The van der Waals surface area contributed by atoms with Gasteiger partial charge in [0.15, 0.2) is 0 Å². The van der Waals surface area contributed by atoms with Crippen LogP contribution in [-0.4, -0.2) is 0 Å². The molecule has 0 saturated carbocycles. The van der Waals surface area contributed by atoms with Gasteiger partial charge in [0, 0.05) is 5.41 Å². The highest BCUT2D eigenvalue weighted by Gasteiger charge is 2.36. The van der Waals surface area contributed by atoms with Crippen LogP contribution in [0.3, 0.4) is 0 Å². The van der Waals surface area contributed by atoms with Crippen LogP contribution in [0.5, 0.6) is 0 Å². The van der Waals surface area contributed by atoms with E-state index in [-0.39, 0.29) is 5.41 Å². The Morgan fingerprint density at radius 3 is 1.49 bits per heavy atom. The summed E-state index contributed by atoms with van der Waals surface area (Å²) in [5, 5.41) is 13.0. The molecule has 0 spiro atoms. The maximum Gasteiger partial charge on any atom is 0.0159 e. The molecular formula is C47H32. The Hall–Kier alpha value is -5.72. The third-order valence-corrected chi connectivity index (χ3v) is 10.9. The molecule has 0 aromatic heterocycles. The predicted octanol–water partition coefficient (Wildman–Crippen LogP) is 13.1. The topological polar surface area (TPSA) is 0 Å². The van der Waals surface area contributed by atoms with Crippen LogP contribution >= 0.6 is 0 Å². The predicted molar refractivity (Wildman–Crippen MR) is 202 cm³/mol. The number of hydrogen-bond donors (Lipinski definition) is 0. The molecule has 0 amide bonds. The number of hydrogen-bond acceptors (Lipinski definition) is 0. The molecule has 47 heavy (non-hydrogen) atoms. The highest BCUT2D eigenvalue weighted by Crippen LogP contribution is 2.51. The monoisotopic (exact) mass is 596 g/mol. The van der Waals surface area contributed by atoms with E-state index in [0.717, 1.165) is 0 Å². The van der Waals surface area contributed by atoms with Gasteiger partial charge in [-0.15, -0.1) is 0 Å². The first-order chi connectivity index (χ1) is 23.1. The minimum absolute atomic E-state index is 0.125. The lowest BCUT2D eigenvalue weighted by Crippen LogP contribution is -2.15. The molecule has 1 aliphatic rings. The summed E-state index contributed by atoms with van der Waals surface area (Å²) < 4.78 is 0. The van der Waals surface area contributed by atoms with Gasteiger partial charge in [0.25, 0.3) is 0 Å². The minimum Gasteiger partial charge on any atom is -0.0616 e. The van der Waals surface area contributed by atoms with Crippen molar-refractivity contribution in [3.63, 3.8) is 0 Å². The summed E-state index contributed by atoms with van der Waals surface area (Å²) in [4.78, 5) is 0. The lowest BCUT2D eigenvalue weighted by Gasteiger charge is -2.23. The normalized spacial score (nSPS) is 13.5. The highest BCUT2D eigenvalue weighted by molar-refractivity contribution is 6.24. The zero-order valence-electron chi connectivity index (χ0n) is 26.5. The lowest BCUT2D eigenvalue weighted by molar-refractivity contribution is 0.661. The van der Waals surface area contributed by atoms with Gasteiger partial charge in [-0.1, -0.05) is 153 Å². The van der Waals surface area contributed by atoms with E-state index < -0.39 is 0 Å². The van der Waals surface area contributed by atoms with Gasteiger partial charge in [-0.25, -0.2) is 0 Å². The molecule has 0 heteroatoms. The van der Waals surface area contributed by atoms with Crippen LogP contribution in [0, 0.1) is 0 Å². The Bertz CT molecular complexity index is 2750. The SMILES string of the molecule is CC1(C)c2cc(-c3cccc4ccccc34)ccc2-c2ccc(-c3cc4c(ccc5c6ccccc6ccc54)c4ccccc34)cc21. The molecule has 0 nitrogen and oxygen atoms in total. The zero-order valence-corrected chi connectivity index (χ0v) is 26.5. The van der Waals surface area contributed by atoms with Gasteiger partial charge in [0.05, 0.1) is 0 Å². The Labute approximate surface area is 274 Å². The maximum absolute atomic E-state index is 2.47. The van der Waals surface area contributed by atoms with Gasteiger partial charge < -0.3 is 0 Å². The highest BCUT2D eigenvalue weighted by atomic mass is 14.4. The van der Waals surface area contributed by atoms with Crippen molar-refractivity contribution in [2.45, 2.75) is 19.3 Å². The Morgan fingerprint density at radius 2 is 0.787 bits per heavy atom. The van der Waals surface area contributed by atoms with Crippen LogP contribution in [0.2, 0.25) is 0 Å². The van der Waals surface area contributed by atoms with Crippen LogP contribution in [0.1, 0.15) is 25.0 Å². The molecule has 0 radical (unpaired) electrons. The van der Waals surface area contributed by atoms with Gasteiger partial charge in [-0.05, 0) is 117 Å². The molecule has 0 atom stereocenters. The van der Waals surface area contributed by atoms with Crippen LogP contribution in [-0.2, 0) is 5.41 Å². The molecule has 0 unspecified atom stereocenters. The van der Waals surface area contributed by atoms with E-state index in [2.05, 4.69) is 172 Å². The average Bonchev–Trinajstić information content (AvgIpc) is 3.35. The molecule has 0 bridgehead atoms. The summed E-state index contributed by atoms with van der Waals surface area (Å²) in [6, 6.07) is 59.0. The number of rotatable bonds is 2. The molecule has 0 aliphatic heterocycles. The first-order valence-corrected chi connectivity index (χ1v) is 16.6. The molecule has 0 N–H and O–H groups in total. The van der Waals surface area contributed by atoms with Crippen molar-refractivity contribution >= 4 is 53.9 Å². The fourth-order valence-electron chi connectivity index (χ4n) is 8.47. The molecule has 9 aromatic rings. The first kappa shape index (κ1) is 26.5. The van der Waals surface area contributed by atoms with Gasteiger partial charge in [0.2, 0.25) is 0 Å². The standard InChI is InChI=1S/C47H32/c1-47(2)45-26-31(35-17-9-12-29-10-3-5-13-33(29)35)19-22-41(45)42-23-20-32(27-46(42)47)43-28-44-39-21-18-30-11-4-6-14-34(30)38(39)24-25-40(44)36-15-7-8-16-37(36)43/h3-28H,1-2H3. The molecule has 1 aliphatic carbocycles. The summed E-state index contributed by atoms with van der Waals surface area (Å²) in [6.07, 6.45) is 0. The number of benzene rings is 9. The lowest BCUT2D eigenvalue weighted by atomic mass is 9.80. The van der Waals surface area contributed by atoms with Crippen molar-refractivity contribution in [2.24, 2.45) is 0 Å². The van der Waals surface area contributed by atoms with Crippen LogP contribution in [0.25, 0.3) is 87.2 Å². The maximum atomic E-state index is 2.47. The average molecular weight is 597 g/mol. The quantitative estimate of drug-likeness (QED) is 0.174. The Morgan fingerprint density at radius 1 is 0.298 bits per heavy atom. The molecule has 9 aromatic carbocycles. The van der Waals surface area contributed by atoms with Crippen molar-refractivity contribution in [2.75, 3.05) is 0 Å². The molecule has 10 rings (SSSR count). The van der Waals surface area contributed by atoms with Crippen molar-refractivity contribution in [3.05, 3.63) is 169 Å². The zero-order chi connectivity index (χ0) is 31.3. The Balaban J connectivity index is 1.17. The van der Waals surface area contributed by atoms with Gasteiger partial charge in [-0.3, -0.25) is 0 Å². The summed E-state index contributed by atoms with van der Waals surface area (Å²) in [7, 11) is 0. The van der Waals surface area contributed by atoms with Crippen LogP contribution in [0.15, 0.2) is 158 Å². The van der Waals surface area contributed by atoms with Gasteiger partial charge in [0.1, 0.15) is 0 Å². The molecule has 220 valence electrons. The first-order valence-electron chi connectivity index (χ1n) is 16.6. The summed E-state index contributed by atoms with van der Waals surface area (Å²) >= 11 is 0. The van der Waals surface area contributed by atoms with E-state index in [0.29, 0.717) is 0 Å². The third kappa shape index (κ3) is 3.76. The molecule has 0 heterocycles. The van der Waals surface area contributed by atoms with Crippen molar-refractivity contribution in [3.8, 4) is 33.4 Å². The molecule has 0 fully saturated rings. The Kier molecular flexibility index (Phi) is 5.44. The van der Waals surface area contributed by atoms with E-state index in [1.807, 2.05) is 0 Å². The minimum atomic E-state index is -0.125. The van der Waals surface area contributed by atoms with Crippen molar-refractivity contribution < 1.29 is 0 Å². The largest absolute Gasteiger partial charge is 0.0616 e. The second-order valence-corrected chi connectivity index (χ2v) is 13.7. The van der Waals surface area contributed by atoms with Gasteiger partial charge >= 0.3 is 0 Å². The van der Waals surface area contributed by atoms with E-state index in [1.165, 1.54) is 98.4 Å². The summed E-state index contributed by atoms with van der Waals surface area (Å²) in [5.41, 5.74) is 10.5. The second-order valence-electron chi connectivity index (χ2n) is 13.7. The molecule has 0 saturated heterocycles. The smallest absolute Gasteiger partial charge is 0.0159 e. The summed E-state index contributed by atoms with van der Waals surface area (Å²) in [5.74, 6) is 0. The van der Waals surface area contributed by atoms with Crippen LogP contribution in [0.4, 0.5) is 0 Å². The van der Waals surface area contributed by atoms with E-state index in [1.54, 1.807) is 0 Å². The van der Waals surface area contributed by atoms with Crippen molar-refractivity contribution in [1.29, 1.82) is 0 Å². The second kappa shape index (κ2) is 9.64. The number of fused-ring (bicyclic) bond motifs is 11. The van der Waals surface area contributed by atoms with Gasteiger partial charge in [-0.2, -0.15) is 0 Å². The van der Waals surface area contributed by atoms with E-state index >= 15 is 0 Å². The third-order valence-electron chi connectivity index (χ3n) is 10.9. The summed E-state index contributed by atoms with van der Waals surface area (Å²) in [6.45, 7) is 4.79. The van der Waals surface area contributed by atoms with E-state index in [4.69, 9.17) is 0 Å². The van der Waals surface area contributed by atoms with Crippen LogP contribution < -0.4 is 0 Å². The fourth-order valence-corrected chi connectivity index (χ4v) is 8.47. The van der Waals surface area contributed by atoms with E-state index in [9.17, 15) is 0 Å². The molecular weight excluding hydrogens is 565 g/mol. The fraction of sp³-hybridized carbons (Fsp3) is 0.0638. The van der Waals surface area contributed by atoms with Crippen molar-refractivity contribution in [1.82, 2.24) is 0 Å².